The molecule has 0 unspecified atom stereocenters. The Bertz CT molecular complexity index is 742. The quantitative estimate of drug-likeness (QED) is 0.785. The number of aromatic nitrogens is 6. The van der Waals surface area contributed by atoms with Crippen LogP contribution in [0.25, 0.3) is 5.69 Å². The Labute approximate surface area is 121 Å². The smallest absolute Gasteiger partial charge is 0.286 e. The van der Waals surface area contributed by atoms with Gasteiger partial charge in [0.15, 0.2) is 0 Å². The highest BCUT2D eigenvalue weighted by molar-refractivity contribution is 7.17. The molecule has 0 saturated carbocycles. The van der Waals surface area contributed by atoms with Crippen LogP contribution >= 0.6 is 22.9 Å². The molecule has 2 heterocycles. The second-order valence-corrected chi connectivity index (χ2v) is 5.18. The lowest BCUT2D eigenvalue weighted by molar-refractivity contribution is 0.102. The molecular formula is C10H6ClN7OS. The fourth-order valence-corrected chi connectivity index (χ4v) is 2.21. The molecule has 0 bridgehead atoms. The van der Waals surface area contributed by atoms with Gasteiger partial charge in [0.1, 0.15) is 6.33 Å². The molecule has 1 aromatic carbocycles. The standard InChI is InChI=1S/C10H6ClN7OS/c11-10-15-14-9(20-10)8(19)13-6-2-1-3-7(4-6)18-5-12-16-17-18/h1-5H,(H,13,19). The molecule has 20 heavy (non-hydrogen) atoms. The summed E-state index contributed by atoms with van der Waals surface area (Å²) >= 11 is 6.65. The molecule has 2 aromatic heterocycles. The Hall–Kier alpha value is -2.39. The number of anilines is 1. The lowest BCUT2D eigenvalue weighted by Gasteiger charge is -2.05. The van der Waals surface area contributed by atoms with Gasteiger partial charge in [0, 0.05) is 5.69 Å². The number of hydrogen-bond acceptors (Lipinski definition) is 7. The molecule has 0 radical (unpaired) electrons. The van der Waals surface area contributed by atoms with E-state index in [9.17, 15) is 4.79 Å². The third kappa shape index (κ3) is 2.63. The summed E-state index contributed by atoms with van der Waals surface area (Å²) in [5, 5.41) is 21.0. The van der Waals surface area contributed by atoms with E-state index < -0.39 is 0 Å². The number of nitrogens with zero attached hydrogens (tertiary/aromatic N) is 6. The van der Waals surface area contributed by atoms with Crippen LogP contribution in [0.3, 0.4) is 0 Å². The molecule has 100 valence electrons. The zero-order chi connectivity index (χ0) is 13.9. The molecule has 0 aliphatic carbocycles. The number of amides is 1. The summed E-state index contributed by atoms with van der Waals surface area (Å²) < 4.78 is 1.70. The summed E-state index contributed by atoms with van der Waals surface area (Å²) in [6, 6.07) is 7.07. The molecule has 0 fully saturated rings. The SMILES string of the molecule is O=C(Nc1cccc(-n2cnnn2)c1)c1nnc(Cl)s1. The highest BCUT2D eigenvalue weighted by Gasteiger charge is 2.12. The first-order chi connectivity index (χ1) is 9.72. The Kier molecular flexibility index (Phi) is 3.35. The van der Waals surface area contributed by atoms with Gasteiger partial charge < -0.3 is 5.32 Å². The third-order valence-electron chi connectivity index (χ3n) is 2.31. The molecule has 0 aliphatic rings. The molecule has 0 saturated heterocycles. The van der Waals surface area contributed by atoms with Crippen molar-refractivity contribution in [3.05, 3.63) is 40.1 Å². The molecule has 1 N–H and O–H groups in total. The van der Waals surface area contributed by atoms with E-state index in [1.165, 1.54) is 11.0 Å². The van der Waals surface area contributed by atoms with Crippen molar-refractivity contribution in [2.75, 3.05) is 5.32 Å². The summed E-state index contributed by atoms with van der Waals surface area (Å²) in [6.07, 6.45) is 1.46. The van der Waals surface area contributed by atoms with E-state index in [2.05, 4.69) is 31.0 Å². The molecule has 10 heteroatoms. The van der Waals surface area contributed by atoms with Crippen LogP contribution in [0.1, 0.15) is 9.80 Å². The van der Waals surface area contributed by atoms with Gasteiger partial charge in [-0.3, -0.25) is 4.79 Å². The largest absolute Gasteiger partial charge is 0.320 e. The number of benzene rings is 1. The zero-order valence-corrected chi connectivity index (χ0v) is 11.3. The number of hydrogen-bond donors (Lipinski definition) is 1. The zero-order valence-electron chi connectivity index (χ0n) is 9.76. The molecular weight excluding hydrogens is 302 g/mol. The number of carbonyl (C=O) groups is 1. The van der Waals surface area contributed by atoms with Gasteiger partial charge in [0.25, 0.3) is 5.91 Å². The van der Waals surface area contributed by atoms with Crippen LogP contribution in [-0.4, -0.2) is 36.3 Å². The van der Waals surface area contributed by atoms with Crippen LogP contribution in [0.4, 0.5) is 5.69 Å². The minimum absolute atomic E-state index is 0.197. The highest BCUT2D eigenvalue weighted by atomic mass is 35.5. The van der Waals surface area contributed by atoms with Crippen LogP contribution in [0.15, 0.2) is 30.6 Å². The average Bonchev–Trinajstić information content (AvgIpc) is 3.10. The van der Waals surface area contributed by atoms with Gasteiger partial charge in [0.05, 0.1) is 5.69 Å². The Morgan fingerprint density at radius 1 is 1.35 bits per heavy atom. The van der Waals surface area contributed by atoms with Crippen molar-refractivity contribution in [3.8, 4) is 5.69 Å². The Balaban J connectivity index is 1.81. The Morgan fingerprint density at radius 3 is 2.95 bits per heavy atom. The first-order valence-corrected chi connectivity index (χ1v) is 6.55. The fourth-order valence-electron chi connectivity index (χ4n) is 1.49. The van der Waals surface area contributed by atoms with E-state index in [0.717, 1.165) is 17.0 Å². The van der Waals surface area contributed by atoms with Crippen LogP contribution in [-0.2, 0) is 0 Å². The predicted octanol–water partition coefficient (Wildman–Crippen LogP) is 1.42. The molecule has 8 nitrogen and oxygen atoms in total. The van der Waals surface area contributed by atoms with E-state index in [-0.39, 0.29) is 15.4 Å². The average molecular weight is 308 g/mol. The lowest BCUT2D eigenvalue weighted by atomic mass is 10.3. The van der Waals surface area contributed by atoms with E-state index in [1.54, 1.807) is 18.2 Å². The van der Waals surface area contributed by atoms with Crippen LogP contribution < -0.4 is 5.32 Å². The van der Waals surface area contributed by atoms with E-state index in [4.69, 9.17) is 11.6 Å². The molecule has 3 rings (SSSR count). The fraction of sp³-hybridized carbons (Fsp3) is 0. The van der Waals surface area contributed by atoms with Gasteiger partial charge in [-0.25, -0.2) is 4.68 Å². The minimum Gasteiger partial charge on any atom is -0.320 e. The summed E-state index contributed by atoms with van der Waals surface area (Å²) in [7, 11) is 0. The van der Waals surface area contributed by atoms with Crippen molar-refractivity contribution in [1.82, 2.24) is 30.4 Å². The van der Waals surface area contributed by atoms with E-state index in [1.807, 2.05) is 6.07 Å². The number of rotatable bonds is 3. The van der Waals surface area contributed by atoms with Crippen LogP contribution in [0.2, 0.25) is 4.47 Å². The van der Waals surface area contributed by atoms with Gasteiger partial charge in [-0.15, -0.1) is 15.3 Å². The van der Waals surface area contributed by atoms with Crippen molar-refractivity contribution in [2.24, 2.45) is 0 Å². The van der Waals surface area contributed by atoms with Gasteiger partial charge >= 0.3 is 0 Å². The molecule has 1 amide bonds. The first kappa shape index (κ1) is 12.6. The topological polar surface area (TPSA) is 98.5 Å². The third-order valence-corrected chi connectivity index (χ3v) is 3.33. The van der Waals surface area contributed by atoms with Crippen molar-refractivity contribution in [1.29, 1.82) is 0 Å². The predicted molar refractivity (Wildman–Crippen MR) is 72.0 cm³/mol. The maximum Gasteiger partial charge on any atom is 0.286 e. The van der Waals surface area contributed by atoms with Gasteiger partial charge in [-0.2, -0.15) is 0 Å². The summed E-state index contributed by atoms with van der Waals surface area (Å²) in [4.78, 5) is 11.9. The monoisotopic (exact) mass is 307 g/mol. The lowest BCUT2D eigenvalue weighted by Crippen LogP contribution is -2.11. The Morgan fingerprint density at radius 2 is 2.25 bits per heavy atom. The van der Waals surface area contributed by atoms with Crippen LogP contribution in [0.5, 0.6) is 0 Å². The highest BCUT2D eigenvalue weighted by Crippen LogP contribution is 2.18. The van der Waals surface area contributed by atoms with Gasteiger partial charge in [-0.05, 0) is 40.2 Å². The first-order valence-electron chi connectivity index (χ1n) is 5.36. The molecule has 0 atom stereocenters. The van der Waals surface area contributed by atoms with E-state index in [0.29, 0.717) is 5.69 Å². The summed E-state index contributed by atoms with van der Waals surface area (Å²) in [6.45, 7) is 0. The second kappa shape index (κ2) is 5.31. The van der Waals surface area contributed by atoms with Crippen molar-refractivity contribution in [3.63, 3.8) is 0 Å². The maximum atomic E-state index is 11.9. The molecule has 3 aromatic rings. The minimum atomic E-state index is -0.372. The number of tetrazole rings is 1. The summed E-state index contributed by atoms with van der Waals surface area (Å²) in [5.41, 5.74) is 1.32. The second-order valence-electron chi connectivity index (χ2n) is 3.62. The van der Waals surface area contributed by atoms with Crippen molar-refractivity contribution >= 4 is 34.5 Å². The maximum absolute atomic E-state index is 11.9. The van der Waals surface area contributed by atoms with Gasteiger partial charge in [-0.1, -0.05) is 17.4 Å². The molecule has 0 spiro atoms. The summed E-state index contributed by atoms with van der Waals surface area (Å²) in [5.74, 6) is -0.372. The van der Waals surface area contributed by atoms with E-state index >= 15 is 0 Å². The van der Waals surface area contributed by atoms with Crippen molar-refractivity contribution < 1.29 is 4.79 Å². The van der Waals surface area contributed by atoms with Crippen LogP contribution in [0, 0.1) is 0 Å². The van der Waals surface area contributed by atoms with Crippen molar-refractivity contribution in [2.45, 2.75) is 0 Å². The number of nitrogens with one attached hydrogen (secondary N) is 1. The van der Waals surface area contributed by atoms with Gasteiger partial charge in [0.2, 0.25) is 9.47 Å². The molecule has 0 aliphatic heterocycles. The number of carbonyl (C=O) groups excluding carboxylic acids is 1. The number of halogens is 1. The normalized spacial score (nSPS) is 10.4.